The summed E-state index contributed by atoms with van der Waals surface area (Å²) in [5.41, 5.74) is 4.09. The molecule has 3 rings (SSSR count). The highest BCUT2D eigenvalue weighted by atomic mass is 32.2. The summed E-state index contributed by atoms with van der Waals surface area (Å²) >= 11 is 0. The molecule has 154 valence electrons. The lowest BCUT2D eigenvalue weighted by atomic mass is 10.1. The van der Waals surface area contributed by atoms with Crippen molar-refractivity contribution in [3.63, 3.8) is 0 Å². The van der Waals surface area contributed by atoms with Gasteiger partial charge in [0.25, 0.3) is 0 Å². The molecule has 7 nitrogen and oxygen atoms in total. The normalized spacial score (nSPS) is 14.1. The Kier molecular flexibility index (Phi) is 6.04. The minimum Gasteiger partial charge on any atom is -0.326 e. The number of benzene rings is 2. The van der Waals surface area contributed by atoms with Gasteiger partial charge in [-0.25, -0.2) is 8.42 Å². The van der Waals surface area contributed by atoms with E-state index in [0.29, 0.717) is 30.6 Å². The molecular formula is C21H25N3O4S. The molecule has 0 atom stereocenters. The van der Waals surface area contributed by atoms with Gasteiger partial charge in [-0.2, -0.15) is 4.31 Å². The number of nitrogens with one attached hydrogen (secondary N) is 2. The Balaban J connectivity index is 1.74. The Morgan fingerprint density at radius 2 is 1.79 bits per heavy atom. The number of carbonyl (C=O) groups is 2. The molecule has 0 unspecified atom stereocenters. The topological polar surface area (TPSA) is 95.6 Å². The Morgan fingerprint density at radius 3 is 2.48 bits per heavy atom. The van der Waals surface area contributed by atoms with E-state index in [9.17, 15) is 18.0 Å². The van der Waals surface area contributed by atoms with E-state index in [-0.39, 0.29) is 17.3 Å². The van der Waals surface area contributed by atoms with Crippen molar-refractivity contribution in [1.82, 2.24) is 4.31 Å². The Hall–Kier alpha value is -2.71. The van der Waals surface area contributed by atoms with E-state index in [1.54, 1.807) is 12.1 Å². The third-order valence-corrected chi connectivity index (χ3v) is 6.58. The molecule has 2 N–H and O–H groups in total. The average molecular weight is 416 g/mol. The van der Waals surface area contributed by atoms with Crippen LogP contribution in [0.4, 0.5) is 11.4 Å². The number of hydrogen-bond acceptors (Lipinski definition) is 4. The van der Waals surface area contributed by atoms with Gasteiger partial charge >= 0.3 is 0 Å². The number of nitrogens with zero attached hydrogens (tertiary/aromatic N) is 1. The number of sulfonamides is 1. The van der Waals surface area contributed by atoms with Crippen molar-refractivity contribution >= 4 is 33.2 Å². The second-order valence-electron chi connectivity index (χ2n) is 7.41. The summed E-state index contributed by atoms with van der Waals surface area (Å²) in [6, 6.07) is 10.3. The summed E-state index contributed by atoms with van der Waals surface area (Å²) in [6.07, 6.45) is 1.69. The Bertz CT molecular complexity index is 1040. The average Bonchev–Trinajstić information content (AvgIpc) is 2.80. The van der Waals surface area contributed by atoms with Crippen molar-refractivity contribution < 1.29 is 18.0 Å². The third kappa shape index (κ3) is 5.02. The number of amides is 2. The van der Waals surface area contributed by atoms with Crippen molar-refractivity contribution in [2.24, 2.45) is 0 Å². The van der Waals surface area contributed by atoms with Gasteiger partial charge in [0.2, 0.25) is 21.8 Å². The predicted octanol–water partition coefficient (Wildman–Crippen LogP) is 2.84. The van der Waals surface area contributed by atoms with Crippen LogP contribution in [0.5, 0.6) is 0 Å². The summed E-state index contributed by atoms with van der Waals surface area (Å²) in [7, 11) is -2.46. The number of rotatable bonds is 5. The van der Waals surface area contributed by atoms with E-state index in [1.165, 1.54) is 13.1 Å². The van der Waals surface area contributed by atoms with Crippen molar-refractivity contribution in [2.75, 3.05) is 24.2 Å². The van der Waals surface area contributed by atoms with Crippen LogP contribution in [0.25, 0.3) is 0 Å². The number of fused-ring (bicyclic) bond motifs is 1. The molecule has 0 fully saturated rings. The van der Waals surface area contributed by atoms with E-state index >= 15 is 0 Å². The number of hydrogen-bond donors (Lipinski definition) is 2. The van der Waals surface area contributed by atoms with Crippen molar-refractivity contribution in [2.45, 2.75) is 38.0 Å². The zero-order valence-corrected chi connectivity index (χ0v) is 17.6. The molecule has 2 amide bonds. The molecule has 1 aliphatic rings. The van der Waals surface area contributed by atoms with E-state index in [1.807, 2.05) is 32.0 Å². The summed E-state index contributed by atoms with van der Waals surface area (Å²) in [6.45, 7) is 3.56. The van der Waals surface area contributed by atoms with Crippen LogP contribution in [0, 0.1) is 13.8 Å². The van der Waals surface area contributed by atoms with Gasteiger partial charge in [-0.15, -0.1) is 0 Å². The first-order chi connectivity index (χ1) is 13.6. The highest BCUT2D eigenvalue weighted by Crippen LogP contribution is 2.26. The van der Waals surface area contributed by atoms with E-state index in [2.05, 4.69) is 10.6 Å². The summed E-state index contributed by atoms with van der Waals surface area (Å²) in [5.74, 6) is -0.484. The molecule has 8 heteroatoms. The zero-order chi connectivity index (χ0) is 21.2. The van der Waals surface area contributed by atoms with E-state index in [0.717, 1.165) is 21.0 Å². The quantitative estimate of drug-likeness (QED) is 0.785. The number of likely N-dealkylation sites (N-methyl/N-ethyl adjacent to an activating group) is 1. The first-order valence-electron chi connectivity index (χ1n) is 9.42. The second kappa shape index (κ2) is 8.34. The van der Waals surface area contributed by atoms with Crippen LogP contribution in [0.3, 0.4) is 0 Å². The van der Waals surface area contributed by atoms with E-state index in [4.69, 9.17) is 0 Å². The number of aryl methyl sites for hydroxylation is 3. The number of carbonyl (C=O) groups excluding carboxylic acids is 2. The van der Waals surface area contributed by atoms with E-state index < -0.39 is 15.9 Å². The van der Waals surface area contributed by atoms with Crippen LogP contribution in [0.15, 0.2) is 41.3 Å². The van der Waals surface area contributed by atoms with Gasteiger partial charge in [0, 0.05) is 24.8 Å². The van der Waals surface area contributed by atoms with Gasteiger partial charge in [0.15, 0.2) is 0 Å². The van der Waals surface area contributed by atoms with Gasteiger partial charge in [-0.05, 0) is 73.7 Å². The van der Waals surface area contributed by atoms with Gasteiger partial charge in [-0.1, -0.05) is 6.07 Å². The van der Waals surface area contributed by atoms with Gasteiger partial charge in [0.05, 0.1) is 11.4 Å². The number of anilines is 2. The maximum Gasteiger partial charge on any atom is 0.243 e. The molecule has 29 heavy (non-hydrogen) atoms. The molecule has 0 aromatic heterocycles. The fraction of sp³-hybridized carbons (Fsp3) is 0.333. The van der Waals surface area contributed by atoms with Crippen LogP contribution in [0.2, 0.25) is 0 Å². The maximum atomic E-state index is 12.9. The predicted molar refractivity (Wildman–Crippen MR) is 112 cm³/mol. The molecule has 0 saturated heterocycles. The standard InChI is InChI=1S/C21H25N3O4S/c1-14-9-15(2)11-17(10-14)22-21(26)13-24(3)29(27,28)18-7-8-19-16(12-18)5-4-6-20(25)23-19/h7-12H,4-6,13H2,1-3H3,(H,22,26)(H,23,25). The first-order valence-corrected chi connectivity index (χ1v) is 10.9. The Morgan fingerprint density at radius 1 is 1.10 bits per heavy atom. The molecule has 1 heterocycles. The lowest BCUT2D eigenvalue weighted by molar-refractivity contribution is -0.117. The lowest BCUT2D eigenvalue weighted by Crippen LogP contribution is -2.35. The monoisotopic (exact) mass is 415 g/mol. The van der Waals surface area contributed by atoms with Gasteiger partial charge < -0.3 is 10.6 Å². The molecule has 0 bridgehead atoms. The van der Waals surface area contributed by atoms with Crippen LogP contribution in [-0.4, -0.2) is 38.1 Å². The van der Waals surface area contributed by atoms with Crippen molar-refractivity contribution in [3.05, 3.63) is 53.1 Å². The minimum atomic E-state index is -3.84. The minimum absolute atomic E-state index is 0.0699. The highest BCUT2D eigenvalue weighted by molar-refractivity contribution is 7.89. The molecule has 2 aromatic rings. The van der Waals surface area contributed by atoms with Gasteiger partial charge in [-0.3, -0.25) is 9.59 Å². The molecule has 0 radical (unpaired) electrons. The zero-order valence-electron chi connectivity index (χ0n) is 16.8. The third-order valence-electron chi connectivity index (χ3n) is 4.78. The second-order valence-corrected chi connectivity index (χ2v) is 9.45. The van der Waals surface area contributed by atoms with Crippen LogP contribution < -0.4 is 10.6 Å². The SMILES string of the molecule is Cc1cc(C)cc(NC(=O)CN(C)S(=O)(=O)c2ccc3c(c2)CCCC(=O)N3)c1. The molecule has 0 saturated carbocycles. The molecule has 0 spiro atoms. The fourth-order valence-electron chi connectivity index (χ4n) is 3.43. The molecule has 2 aromatic carbocycles. The fourth-order valence-corrected chi connectivity index (χ4v) is 4.60. The maximum absolute atomic E-state index is 12.9. The molecule has 0 aliphatic carbocycles. The highest BCUT2D eigenvalue weighted by Gasteiger charge is 2.25. The van der Waals surface area contributed by atoms with Crippen LogP contribution >= 0.6 is 0 Å². The smallest absolute Gasteiger partial charge is 0.243 e. The summed E-state index contributed by atoms with van der Waals surface area (Å²) < 4.78 is 26.9. The first kappa shape index (κ1) is 21.0. The lowest BCUT2D eigenvalue weighted by Gasteiger charge is -2.18. The summed E-state index contributed by atoms with van der Waals surface area (Å²) in [5, 5.41) is 5.54. The van der Waals surface area contributed by atoms with Crippen molar-refractivity contribution in [1.29, 1.82) is 0 Å². The largest absolute Gasteiger partial charge is 0.326 e. The Labute approximate surface area is 171 Å². The van der Waals surface area contributed by atoms with Crippen molar-refractivity contribution in [3.8, 4) is 0 Å². The summed E-state index contributed by atoms with van der Waals surface area (Å²) in [4.78, 5) is 24.1. The molecule has 1 aliphatic heterocycles. The van der Waals surface area contributed by atoms with Gasteiger partial charge in [0.1, 0.15) is 0 Å². The van der Waals surface area contributed by atoms with Crippen LogP contribution in [0.1, 0.15) is 29.5 Å². The molecular weight excluding hydrogens is 390 g/mol. The van der Waals surface area contributed by atoms with Crippen LogP contribution in [-0.2, 0) is 26.0 Å².